The molecule has 0 aromatic heterocycles. The second-order valence-corrected chi connectivity index (χ2v) is 4.02. The normalized spacial score (nSPS) is 18.8. The molecule has 5 heteroatoms. The van der Waals surface area contributed by atoms with Gasteiger partial charge in [0, 0.05) is 11.6 Å². The predicted octanol–water partition coefficient (Wildman–Crippen LogP) is 2.16. The van der Waals surface area contributed by atoms with Gasteiger partial charge in [-0.15, -0.1) is 12.4 Å². The van der Waals surface area contributed by atoms with Crippen molar-refractivity contribution >= 4 is 12.4 Å². The largest absolute Gasteiger partial charge is 0.391 e. The molecule has 2 nitrogen and oxygen atoms in total. The SMILES string of the molecule is Cl.N[C@@H](c1ccc(F)cc1F)[C@H](O)C1CC1. The molecular weight excluding hydrogens is 236 g/mol. The molecule has 1 fully saturated rings. The molecule has 2 atom stereocenters. The first-order valence-electron chi connectivity index (χ1n) is 4.98. The van der Waals surface area contributed by atoms with Crippen LogP contribution >= 0.6 is 12.4 Å². The molecule has 0 heterocycles. The monoisotopic (exact) mass is 249 g/mol. The number of benzene rings is 1. The van der Waals surface area contributed by atoms with Gasteiger partial charge in [-0.25, -0.2) is 8.78 Å². The second kappa shape index (κ2) is 5.08. The summed E-state index contributed by atoms with van der Waals surface area (Å²) in [5.74, 6) is -1.16. The fourth-order valence-electron chi connectivity index (χ4n) is 1.69. The second-order valence-electron chi connectivity index (χ2n) is 4.02. The zero-order chi connectivity index (χ0) is 11.0. The summed E-state index contributed by atoms with van der Waals surface area (Å²) >= 11 is 0. The third-order valence-corrected chi connectivity index (χ3v) is 2.79. The van der Waals surface area contributed by atoms with Gasteiger partial charge in [-0.05, 0) is 24.8 Å². The molecule has 0 saturated heterocycles. The van der Waals surface area contributed by atoms with E-state index in [9.17, 15) is 13.9 Å². The van der Waals surface area contributed by atoms with E-state index < -0.39 is 23.8 Å². The summed E-state index contributed by atoms with van der Waals surface area (Å²) in [7, 11) is 0. The van der Waals surface area contributed by atoms with Crippen LogP contribution in [-0.4, -0.2) is 11.2 Å². The Kier molecular flexibility index (Phi) is 4.24. The molecule has 3 N–H and O–H groups in total. The van der Waals surface area contributed by atoms with Crippen molar-refractivity contribution in [2.45, 2.75) is 25.0 Å². The Morgan fingerprint density at radius 3 is 2.44 bits per heavy atom. The lowest BCUT2D eigenvalue weighted by Crippen LogP contribution is -2.28. The topological polar surface area (TPSA) is 46.2 Å². The number of aliphatic hydroxyl groups is 1. The van der Waals surface area contributed by atoms with Gasteiger partial charge in [0.15, 0.2) is 0 Å². The molecule has 0 unspecified atom stereocenters. The highest BCUT2D eigenvalue weighted by atomic mass is 35.5. The van der Waals surface area contributed by atoms with Crippen LogP contribution in [0.5, 0.6) is 0 Å². The van der Waals surface area contributed by atoms with Crippen LogP contribution in [0.3, 0.4) is 0 Å². The standard InChI is InChI=1S/C11H13F2NO.ClH/c12-7-3-4-8(9(13)5-7)10(14)11(15)6-1-2-6;/h3-6,10-11,15H,1-2,14H2;1H/t10-,11+;/m0./s1. The smallest absolute Gasteiger partial charge is 0.130 e. The minimum Gasteiger partial charge on any atom is -0.391 e. The molecule has 2 rings (SSSR count). The zero-order valence-electron chi connectivity index (χ0n) is 8.57. The molecule has 0 spiro atoms. The van der Waals surface area contributed by atoms with Gasteiger partial charge in [-0.3, -0.25) is 0 Å². The maximum Gasteiger partial charge on any atom is 0.130 e. The van der Waals surface area contributed by atoms with Crippen LogP contribution in [0.4, 0.5) is 8.78 Å². The minimum atomic E-state index is -0.766. The molecule has 1 aromatic carbocycles. The van der Waals surface area contributed by atoms with Crippen LogP contribution < -0.4 is 5.73 Å². The van der Waals surface area contributed by atoms with Crippen molar-refractivity contribution in [1.82, 2.24) is 0 Å². The van der Waals surface area contributed by atoms with Gasteiger partial charge in [-0.1, -0.05) is 6.07 Å². The molecule has 1 saturated carbocycles. The van der Waals surface area contributed by atoms with Crippen molar-refractivity contribution in [3.8, 4) is 0 Å². The Labute approximate surface area is 98.9 Å². The predicted molar refractivity (Wildman–Crippen MR) is 59.3 cm³/mol. The molecular formula is C11H14ClF2NO. The Bertz CT molecular complexity index is 371. The lowest BCUT2D eigenvalue weighted by molar-refractivity contribution is 0.121. The average molecular weight is 250 g/mol. The number of hydrogen-bond donors (Lipinski definition) is 2. The average Bonchev–Trinajstić information content (AvgIpc) is 2.99. The minimum absolute atomic E-state index is 0. The van der Waals surface area contributed by atoms with Crippen LogP contribution in [0.25, 0.3) is 0 Å². The van der Waals surface area contributed by atoms with Crippen molar-refractivity contribution in [2.24, 2.45) is 11.7 Å². The molecule has 1 aliphatic carbocycles. The van der Waals surface area contributed by atoms with Gasteiger partial charge in [0.05, 0.1) is 12.1 Å². The van der Waals surface area contributed by atoms with Crippen LogP contribution in [0.15, 0.2) is 18.2 Å². The van der Waals surface area contributed by atoms with Crippen molar-refractivity contribution in [3.05, 3.63) is 35.4 Å². The summed E-state index contributed by atoms with van der Waals surface area (Å²) in [4.78, 5) is 0. The fourth-order valence-corrected chi connectivity index (χ4v) is 1.69. The maximum absolute atomic E-state index is 13.3. The summed E-state index contributed by atoms with van der Waals surface area (Å²) in [6.07, 6.45) is 1.12. The first-order valence-corrected chi connectivity index (χ1v) is 4.98. The van der Waals surface area contributed by atoms with Crippen molar-refractivity contribution in [2.75, 3.05) is 0 Å². The lowest BCUT2D eigenvalue weighted by atomic mass is 9.98. The van der Waals surface area contributed by atoms with E-state index in [1.165, 1.54) is 6.07 Å². The van der Waals surface area contributed by atoms with Crippen molar-refractivity contribution in [3.63, 3.8) is 0 Å². The summed E-state index contributed by atoms with van der Waals surface area (Å²) < 4.78 is 26.0. The lowest BCUT2D eigenvalue weighted by Gasteiger charge is -2.19. The first-order chi connectivity index (χ1) is 7.09. The third-order valence-electron chi connectivity index (χ3n) is 2.79. The summed E-state index contributed by atoms with van der Waals surface area (Å²) in [5.41, 5.74) is 5.89. The van der Waals surface area contributed by atoms with Gasteiger partial charge in [-0.2, -0.15) is 0 Å². The Morgan fingerprint density at radius 2 is 1.94 bits per heavy atom. The molecule has 1 aromatic rings. The number of nitrogens with two attached hydrogens (primary N) is 1. The maximum atomic E-state index is 13.3. The van der Waals surface area contributed by atoms with E-state index >= 15 is 0 Å². The molecule has 0 aliphatic heterocycles. The zero-order valence-corrected chi connectivity index (χ0v) is 9.38. The van der Waals surface area contributed by atoms with Gasteiger partial charge < -0.3 is 10.8 Å². The third kappa shape index (κ3) is 2.70. The van der Waals surface area contributed by atoms with E-state index in [2.05, 4.69) is 0 Å². The summed E-state index contributed by atoms with van der Waals surface area (Å²) in [5, 5.41) is 9.72. The Morgan fingerprint density at radius 1 is 1.31 bits per heavy atom. The molecule has 16 heavy (non-hydrogen) atoms. The van der Waals surface area contributed by atoms with Gasteiger partial charge >= 0.3 is 0 Å². The van der Waals surface area contributed by atoms with Crippen LogP contribution in [0.2, 0.25) is 0 Å². The van der Waals surface area contributed by atoms with E-state index in [0.29, 0.717) is 0 Å². The molecule has 0 radical (unpaired) electrons. The quantitative estimate of drug-likeness (QED) is 0.862. The molecule has 0 amide bonds. The number of rotatable bonds is 3. The Hall–Kier alpha value is -0.710. The van der Waals surface area contributed by atoms with E-state index in [-0.39, 0.29) is 23.9 Å². The summed E-state index contributed by atoms with van der Waals surface area (Å²) in [6, 6.07) is 2.46. The van der Waals surface area contributed by atoms with Crippen molar-refractivity contribution < 1.29 is 13.9 Å². The van der Waals surface area contributed by atoms with E-state index in [1.54, 1.807) is 0 Å². The highest BCUT2D eigenvalue weighted by Crippen LogP contribution is 2.37. The van der Waals surface area contributed by atoms with E-state index in [0.717, 1.165) is 25.0 Å². The highest BCUT2D eigenvalue weighted by Gasteiger charge is 2.35. The number of halogens is 3. The van der Waals surface area contributed by atoms with Gasteiger partial charge in [0.1, 0.15) is 11.6 Å². The van der Waals surface area contributed by atoms with Gasteiger partial charge in [0.25, 0.3) is 0 Å². The number of aliphatic hydroxyl groups excluding tert-OH is 1. The summed E-state index contributed by atoms with van der Waals surface area (Å²) in [6.45, 7) is 0. The highest BCUT2D eigenvalue weighted by molar-refractivity contribution is 5.85. The van der Waals surface area contributed by atoms with E-state index in [1.807, 2.05) is 0 Å². The Balaban J connectivity index is 0.00000128. The molecule has 90 valence electrons. The van der Waals surface area contributed by atoms with Crippen molar-refractivity contribution in [1.29, 1.82) is 0 Å². The van der Waals surface area contributed by atoms with Crippen LogP contribution in [0, 0.1) is 17.6 Å². The molecule has 1 aliphatic rings. The number of hydrogen-bond acceptors (Lipinski definition) is 2. The van der Waals surface area contributed by atoms with Crippen LogP contribution in [0.1, 0.15) is 24.4 Å². The molecule has 0 bridgehead atoms. The fraction of sp³-hybridized carbons (Fsp3) is 0.455. The van der Waals surface area contributed by atoms with Gasteiger partial charge in [0.2, 0.25) is 0 Å². The van der Waals surface area contributed by atoms with Crippen LogP contribution in [-0.2, 0) is 0 Å². The first kappa shape index (κ1) is 13.4. The van der Waals surface area contributed by atoms with E-state index in [4.69, 9.17) is 5.73 Å².